The summed E-state index contributed by atoms with van der Waals surface area (Å²) in [5, 5.41) is 4.64. The topological polar surface area (TPSA) is 12.0 Å². The summed E-state index contributed by atoms with van der Waals surface area (Å²) in [5.41, 5.74) is 0. The molecule has 0 amide bonds. The van der Waals surface area contributed by atoms with Crippen molar-refractivity contribution in [1.82, 2.24) is 5.32 Å². The molecule has 2 rings (SSSR count). The molecule has 3 heteroatoms. The van der Waals surface area contributed by atoms with Gasteiger partial charge in [-0.15, -0.1) is 0 Å². The number of nitrogens with one attached hydrogen (secondary N) is 1. The van der Waals surface area contributed by atoms with Crippen LogP contribution in [0.2, 0.25) is 0 Å². The van der Waals surface area contributed by atoms with Crippen LogP contribution in [0.3, 0.4) is 0 Å². The molecule has 2 unspecified atom stereocenters. The van der Waals surface area contributed by atoms with Crippen molar-refractivity contribution < 1.29 is 0 Å². The zero-order valence-electron chi connectivity index (χ0n) is 9.21. The summed E-state index contributed by atoms with van der Waals surface area (Å²) in [6.45, 7) is 3.59. The van der Waals surface area contributed by atoms with Crippen molar-refractivity contribution >= 4 is 23.5 Å². The molecule has 0 spiro atoms. The number of thioether (sulfide) groups is 2. The Morgan fingerprint density at radius 1 is 1.50 bits per heavy atom. The Labute approximate surface area is 96.2 Å². The Morgan fingerprint density at radius 3 is 2.71 bits per heavy atom. The van der Waals surface area contributed by atoms with Gasteiger partial charge in [-0.1, -0.05) is 13.3 Å². The van der Waals surface area contributed by atoms with Gasteiger partial charge in [0.25, 0.3) is 0 Å². The molecular weight excluding hydrogens is 210 g/mol. The van der Waals surface area contributed by atoms with E-state index in [1.165, 1.54) is 38.0 Å². The first-order valence-corrected chi connectivity index (χ1v) is 7.92. The summed E-state index contributed by atoms with van der Waals surface area (Å²) >= 11 is 4.19. The van der Waals surface area contributed by atoms with E-state index in [2.05, 4.69) is 42.0 Å². The number of hydrogen-bond acceptors (Lipinski definition) is 3. The Kier molecular flexibility index (Phi) is 3.72. The van der Waals surface area contributed by atoms with E-state index in [1.54, 1.807) is 0 Å². The highest BCUT2D eigenvalue weighted by Gasteiger charge is 2.36. The van der Waals surface area contributed by atoms with Crippen molar-refractivity contribution in [2.24, 2.45) is 0 Å². The highest BCUT2D eigenvalue weighted by molar-refractivity contribution is 8.00. The highest BCUT2D eigenvalue weighted by atomic mass is 32.2. The SMILES string of the molecule is CSC1(CNC2CSC(C)C2)CCC1. The second-order valence-electron chi connectivity index (χ2n) is 4.70. The molecule has 82 valence electrons. The molecular formula is C11H21NS2. The van der Waals surface area contributed by atoms with Crippen molar-refractivity contribution in [3.8, 4) is 0 Å². The van der Waals surface area contributed by atoms with E-state index in [1.807, 2.05) is 0 Å². The van der Waals surface area contributed by atoms with Gasteiger partial charge >= 0.3 is 0 Å². The Bertz CT molecular complexity index is 186. The first-order chi connectivity index (χ1) is 6.74. The van der Waals surface area contributed by atoms with Crippen LogP contribution in [0.25, 0.3) is 0 Å². The van der Waals surface area contributed by atoms with Crippen LogP contribution in [0, 0.1) is 0 Å². The highest BCUT2D eigenvalue weighted by Crippen LogP contribution is 2.42. The van der Waals surface area contributed by atoms with Crippen molar-refractivity contribution in [2.45, 2.75) is 48.6 Å². The Balaban J connectivity index is 1.71. The van der Waals surface area contributed by atoms with E-state index >= 15 is 0 Å². The van der Waals surface area contributed by atoms with Gasteiger partial charge < -0.3 is 5.32 Å². The molecule has 0 aromatic heterocycles. The van der Waals surface area contributed by atoms with E-state index in [0.717, 1.165) is 11.3 Å². The molecule has 14 heavy (non-hydrogen) atoms. The lowest BCUT2D eigenvalue weighted by Gasteiger charge is -2.41. The standard InChI is InChI=1S/C11H21NS2/c1-9-6-10(7-14-9)12-8-11(13-2)4-3-5-11/h9-10,12H,3-8H2,1-2H3. The van der Waals surface area contributed by atoms with Crippen LogP contribution < -0.4 is 5.32 Å². The summed E-state index contributed by atoms with van der Waals surface area (Å²) in [6.07, 6.45) is 7.94. The first-order valence-electron chi connectivity index (χ1n) is 5.64. The predicted octanol–water partition coefficient (Wildman–Crippen LogP) is 2.76. The van der Waals surface area contributed by atoms with Gasteiger partial charge in [0.05, 0.1) is 0 Å². The van der Waals surface area contributed by atoms with Crippen molar-refractivity contribution in [2.75, 3.05) is 18.6 Å². The molecule has 2 aliphatic rings. The van der Waals surface area contributed by atoms with Crippen molar-refractivity contribution in [3.05, 3.63) is 0 Å². The first kappa shape index (κ1) is 11.2. The van der Waals surface area contributed by atoms with E-state index in [9.17, 15) is 0 Å². The summed E-state index contributed by atoms with van der Waals surface area (Å²) in [4.78, 5) is 0. The van der Waals surface area contributed by atoms with Crippen molar-refractivity contribution in [1.29, 1.82) is 0 Å². The third-order valence-corrected chi connectivity index (χ3v) is 6.38. The minimum absolute atomic E-state index is 0.608. The molecule has 2 atom stereocenters. The molecule has 1 aliphatic carbocycles. The third-order valence-electron chi connectivity index (χ3n) is 3.61. The maximum atomic E-state index is 3.76. The van der Waals surface area contributed by atoms with Gasteiger partial charge in [-0.2, -0.15) is 23.5 Å². The largest absolute Gasteiger partial charge is 0.312 e. The van der Waals surface area contributed by atoms with E-state index in [4.69, 9.17) is 0 Å². The molecule has 0 aromatic rings. The van der Waals surface area contributed by atoms with Crippen LogP contribution in [-0.2, 0) is 0 Å². The average Bonchev–Trinajstić information content (AvgIpc) is 2.50. The lowest BCUT2D eigenvalue weighted by Crippen LogP contribution is -2.46. The van der Waals surface area contributed by atoms with Gasteiger partial charge in [-0.05, 0) is 25.5 Å². The number of rotatable bonds is 4. The summed E-state index contributed by atoms with van der Waals surface area (Å²) in [6, 6.07) is 0.791. The quantitative estimate of drug-likeness (QED) is 0.799. The van der Waals surface area contributed by atoms with E-state index in [0.29, 0.717) is 4.75 Å². The van der Waals surface area contributed by atoms with Crippen LogP contribution in [0.5, 0.6) is 0 Å². The second kappa shape index (κ2) is 4.67. The van der Waals surface area contributed by atoms with Gasteiger partial charge in [-0.25, -0.2) is 0 Å². The molecule has 1 heterocycles. The van der Waals surface area contributed by atoms with Crippen molar-refractivity contribution in [3.63, 3.8) is 0 Å². The molecule has 1 N–H and O–H groups in total. The fourth-order valence-corrected chi connectivity index (χ4v) is 4.42. The lowest BCUT2D eigenvalue weighted by molar-refractivity contribution is 0.333. The molecule has 1 saturated heterocycles. The summed E-state index contributed by atoms with van der Waals surface area (Å²) in [7, 11) is 0. The van der Waals surface area contributed by atoms with E-state index in [-0.39, 0.29) is 0 Å². The maximum absolute atomic E-state index is 3.76. The van der Waals surface area contributed by atoms with Gasteiger partial charge in [0, 0.05) is 28.3 Å². The fourth-order valence-electron chi connectivity index (χ4n) is 2.31. The van der Waals surface area contributed by atoms with Gasteiger partial charge in [0.1, 0.15) is 0 Å². The number of hydrogen-bond donors (Lipinski definition) is 1. The average molecular weight is 231 g/mol. The Hall–Kier alpha value is 0.660. The van der Waals surface area contributed by atoms with Gasteiger partial charge in [-0.3, -0.25) is 0 Å². The molecule has 1 saturated carbocycles. The summed E-state index contributed by atoms with van der Waals surface area (Å²) < 4.78 is 0.608. The van der Waals surface area contributed by atoms with Crippen LogP contribution in [0.1, 0.15) is 32.6 Å². The predicted molar refractivity (Wildman–Crippen MR) is 68.4 cm³/mol. The fraction of sp³-hybridized carbons (Fsp3) is 1.00. The van der Waals surface area contributed by atoms with Crippen LogP contribution in [0.4, 0.5) is 0 Å². The van der Waals surface area contributed by atoms with E-state index < -0.39 is 0 Å². The molecule has 1 nitrogen and oxygen atoms in total. The van der Waals surface area contributed by atoms with Gasteiger partial charge in [0.15, 0.2) is 0 Å². The maximum Gasteiger partial charge on any atom is 0.0281 e. The monoisotopic (exact) mass is 231 g/mol. The Morgan fingerprint density at radius 2 is 2.29 bits per heavy atom. The minimum Gasteiger partial charge on any atom is -0.312 e. The molecule has 1 aliphatic heterocycles. The summed E-state index contributed by atoms with van der Waals surface area (Å²) in [5.74, 6) is 1.33. The molecule has 0 radical (unpaired) electrons. The zero-order valence-corrected chi connectivity index (χ0v) is 10.8. The van der Waals surface area contributed by atoms with Gasteiger partial charge in [0.2, 0.25) is 0 Å². The molecule has 0 bridgehead atoms. The zero-order chi connectivity index (χ0) is 10.0. The van der Waals surface area contributed by atoms with Crippen LogP contribution >= 0.6 is 23.5 Å². The third kappa shape index (κ3) is 2.42. The molecule has 2 fully saturated rings. The minimum atomic E-state index is 0.608. The molecule has 0 aromatic carbocycles. The smallest absolute Gasteiger partial charge is 0.0281 e. The van der Waals surface area contributed by atoms with Crippen LogP contribution in [-0.4, -0.2) is 34.6 Å². The second-order valence-corrected chi connectivity index (χ2v) is 7.44. The normalized spacial score (nSPS) is 35.6. The lowest BCUT2D eigenvalue weighted by atomic mass is 9.84. The van der Waals surface area contributed by atoms with Crippen LogP contribution in [0.15, 0.2) is 0 Å².